The first-order valence-corrected chi connectivity index (χ1v) is 8.94. The minimum atomic E-state index is -0.131. The van der Waals surface area contributed by atoms with Crippen molar-refractivity contribution in [1.29, 1.82) is 0 Å². The molecule has 23 heavy (non-hydrogen) atoms. The van der Waals surface area contributed by atoms with Gasteiger partial charge in [0.05, 0.1) is 18.8 Å². The molecular formula is C17H23N3O2S. The Hall–Kier alpha value is -1.79. The standard InChI is InChI=1S/C17H23N3O2S/c1-13-6-10-23-16(13)12-19-17(21)18-11-14(15-5-4-9-22-15)20-7-2-3-8-20/h4-6,9-10,14H,2-3,7-8,11-12H2,1H3,(H2,18,19,21). The maximum absolute atomic E-state index is 12.1. The van der Waals surface area contributed by atoms with Gasteiger partial charge in [0.1, 0.15) is 5.76 Å². The SMILES string of the molecule is Cc1ccsc1CNC(=O)NCC(c1ccco1)N1CCCC1. The van der Waals surface area contributed by atoms with Crippen LogP contribution in [0.2, 0.25) is 0 Å². The first kappa shape index (κ1) is 16.1. The summed E-state index contributed by atoms with van der Waals surface area (Å²) in [5, 5.41) is 7.96. The molecule has 0 radical (unpaired) electrons. The Balaban J connectivity index is 1.52. The van der Waals surface area contributed by atoms with Crippen LogP contribution in [0.4, 0.5) is 4.79 Å². The van der Waals surface area contributed by atoms with Crippen LogP contribution in [0.3, 0.4) is 0 Å². The molecule has 3 rings (SSSR count). The van der Waals surface area contributed by atoms with Crippen LogP contribution < -0.4 is 10.6 Å². The quantitative estimate of drug-likeness (QED) is 0.853. The van der Waals surface area contributed by atoms with Crippen molar-refractivity contribution >= 4 is 17.4 Å². The Kier molecular flexibility index (Phi) is 5.35. The summed E-state index contributed by atoms with van der Waals surface area (Å²) < 4.78 is 5.56. The predicted octanol–water partition coefficient (Wildman–Crippen LogP) is 3.29. The molecule has 2 N–H and O–H groups in total. The summed E-state index contributed by atoms with van der Waals surface area (Å²) in [6.45, 7) is 5.31. The highest BCUT2D eigenvalue weighted by molar-refractivity contribution is 7.10. The van der Waals surface area contributed by atoms with E-state index in [1.165, 1.54) is 23.3 Å². The van der Waals surface area contributed by atoms with E-state index < -0.39 is 0 Å². The maximum Gasteiger partial charge on any atom is 0.315 e. The number of likely N-dealkylation sites (tertiary alicyclic amines) is 1. The van der Waals surface area contributed by atoms with E-state index >= 15 is 0 Å². The zero-order valence-corrected chi connectivity index (χ0v) is 14.2. The lowest BCUT2D eigenvalue weighted by molar-refractivity contribution is 0.203. The molecule has 0 bridgehead atoms. The normalized spacial score (nSPS) is 16.4. The highest BCUT2D eigenvalue weighted by atomic mass is 32.1. The van der Waals surface area contributed by atoms with E-state index in [9.17, 15) is 4.79 Å². The highest BCUT2D eigenvalue weighted by Crippen LogP contribution is 2.24. The summed E-state index contributed by atoms with van der Waals surface area (Å²) in [4.78, 5) is 15.6. The number of nitrogens with zero attached hydrogens (tertiary/aromatic N) is 1. The van der Waals surface area contributed by atoms with Crippen molar-refractivity contribution in [2.75, 3.05) is 19.6 Å². The minimum absolute atomic E-state index is 0.113. The molecular weight excluding hydrogens is 310 g/mol. The van der Waals surface area contributed by atoms with Gasteiger partial charge in [-0.1, -0.05) is 0 Å². The number of carbonyl (C=O) groups is 1. The number of hydrogen-bond donors (Lipinski definition) is 2. The number of nitrogens with one attached hydrogen (secondary N) is 2. The van der Waals surface area contributed by atoms with Gasteiger partial charge < -0.3 is 15.1 Å². The number of thiophene rings is 1. The van der Waals surface area contributed by atoms with Gasteiger partial charge in [0, 0.05) is 11.4 Å². The van der Waals surface area contributed by atoms with Crippen molar-refractivity contribution < 1.29 is 9.21 Å². The summed E-state index contributed by atoms with van der Waals surface area (Å²) >= 11 is 1.67. The summed E-state index contributed by atoms with van der Waals surface area (Å²) in [5.74, 6) is 0.918. The van der Waals surface area contributed by atoms with E-state index in [1.54, 1.807) is 17.6 Å². The highest BCUT2D eigenvalue weighted by Gasteiger charge is 2.25. The molecule has 2 aromatic rings. The molecule has 1 fully saturated rings. The molecule has 5 nitrogen and oxygen atoms in total. The monoisotopic (exact) mass is 333 g/mol. The summed E-state index contributed by atoms with van der Waals surface area (Å²) in [6, 6.07) is 5.94. The van der Waals surface area contributed by atoms with Gasteiger partial charge in [-0.05, 0) is 62.0 Å². The zero-order valence-electron chi connectivity index (χ0n) is 13.4. The van der Waals surface area contributed by atoms with Crippen LogP contribution >= 0.6 is 11.3 Å². The van der Waals surface area contributed by atoms with Gasteiger partial charge in [0.25, 0.3) is 0 Å². The number of amides is 2. The Morgan fingerprint density at radius 2 is 2.17 bits per heavy atom. The second-order valence-corrected chi connectivity index (χ2v) is 6.87. The van der Waals surface area contributed by atoms with Gasteiger partial charge in [-0.2, -0.15) is 0 Å². The van der Waals surface area contributed by atoms with Crippen molar-refractivity contribution in [2.24, 2.45) is 0 Å². The zero-order chi connectivity index (χ0) is 16.1. The smallest absolute Gasteiger partial charge is 0.315 e. The largest absolute Gasteiger partial charge is 0.468 e. The van der Waals surface area contributed by atoms with Crippen LogP contribution in [0, 0.1) is 6.92 Å². The van der Waals surface area contributed by atoms with E-state index in [0.29, 0.717) is 13.1 Å². The first-order chi connectivity index (χ1) is 11.2. The third-order valence-corrected chi connectivity index (χ3v) is 5.31. The van der Waals surface area contributed by atoms with E-state index in [4.69, 9.17) is 4.42 Å². The van der Waals surface area contributed by atoms with Crippen molar-refractivity contribution in [3.63, 3.8) is 0 Å². The number of aryl methyl sites for hydroxylation is 1. The van der Waals surface area contributed by atoms with Crippen LogP contribution in [-0.4, -0.2) is 30.6 Å². The number of urea groups is 1. The fourth-order valence-electron chi connectivity index (χ4n) is 2.94. The van der Waals surface area contributed by atoms with Crippen molar-refractivity contribution in [1.82, 2.24) is 15.5 Å². The van der Waals surface area contributed by atoms with Crippen molar-refractivity contribution in [3.05, 3.63) is 46.0 Å². The van der Waals surface area contributed by atoms with Gasteiger partial charge in [-0.15, -0.1) is 11.3 Å². The third-order valence-electron chi connectivity index (χ3n) is 4.29. The molecule has 1 atom stereocenters. The third kappa shape index (κ3) is 4.14. The van der Waals surface area contributed by atoms with Gasteiger partial charge >= 0.3 is 6.03 Å². The van der Waals surface area contributed by atoms with Crippen LogP contribution in [0.5, 0.6) is 0 Å². The average molecular weight is 333 g/mol. The second-order valence-electron chi connectivity index (χ2n) is 5.86. The Labute approximate surface area is 140 Å². The van der Waals surface area contributed by atoms with E-state index in [1.807, 2.05) is 17.5 Å². The molecule has 1 aliphatic heterocycles. The Morgan fingerprint density at radius 1 is 1.35 bits per heavy atom. The molecule has 2 aromatic heterocycles. The van der Waals surface area contributed by atoms with Gasteiger partial charge in [-0.3, -0.25) is 4.90 Å². The lowest BCUT2D eigenvalue weighted by atomic mass is 10.2. The van der Waals surface area contributed by atoms with E-state index in [2.05, 4.69) is 28.5 Å². The molecule has 0 spiro atoms. The molecule has 3 heterocycles. The molecule has 0 aromatic carbocycles. The molecule has 1 unspecified atom stereocenters. The predicted molar refractivity (Wildman–Crippen MR) is 91.6 cm³/mol. The Morgan fingerprint density at radius 3 is 2.83 bits per heavy atom. The number of hydrogen-bond acceptors (Lipinski definition) is 4. The molecule has 1 saturated heterocycles. The van der Waals surface area contributed by atoms with Crippen molar-refractivity contribution in [3.8, 4) is 0 Å². The molecule has 0 saturated carbocycles. The fraction of sp³-hybridized carbons (Fsp3) is 0.471. The van der Waals surface area contributed by atoms with Gasteiger partial charge in [0.2, 0.25) is 0 Å². The van der Waals surface area contributed by atoms with Gasteiger partial charge in [-0.25, -0.2) is 4.79 Å². The first-order valence-electron chi connectivity index (χ1n) is 8.06. The molecule has 2 amide bonds. The second kappa shape index (κ2) is 7.66. The molecule has 124 valence electrons. The fourth-order valence-corrected chi connectivity index (χ4v) is 3.79. The number of carbonyl (C=O) groups excluding carboxylic acids is 1. The summed E-state index contributed by atoms with van der Waals surface area (Å²) in [6.07, 6.45) is 4.11. The lowest BCUT2D eigenvalue weighted by Crippen LogP contribution is -2.41. The van der Waals surface area contributed by atoms with Crippen LogP contribution in [0.25, 0.3) is 0 Å². The van der Waals surface area contributed by atoms with E-state index in [-0.39, 0.29) is 12.1 Å². The average Bonchev–Trinajstić information content (AvgIpc) is 3.29. The maximum atomic E-state index is 12.1. The molecule has 1 aliphatic rings. The minimum Gasteiger partial charge on any atom is -0.468 e. The topological polar surface area (TPSA) is 57.5 Å². The summed E-state index contributed by atoms with van der Waals surface area (Å²) in [7, 11) is 0. The van der Waals surface area contributed by atoms with Crippen LogP contribution in [0.1, 0.15) is 35.1 Å². The lowest BCUT2D eigenvalue weighted by Gasteiger charge is -2.26. The van der Waals surface area contributed by atoms with Crippen LogP contribution in [-0.2, 0) is 6.54 Å². The number of rotatable bonds is 6. The Bertz CT molecular complexity index is 618. The molecule has 0 aliphatic carbocycles. The van der Waals surface area contributed by atoms with Crippen molar-refractivity contribution in [2.45, 2.75) is 32.4 Å². The summed E-state index contributed by atoms with van der Waals surface area (Å²) in [5.41, 5.74) is 1.22. The van der Waals surface area contributed by atoms with E-state index in [0.717, 1.165) is 18.8 Å². The molecule has 6 heteroatoms. The number of furan rings is 1. The van der Waals surface area contributed by atoms with Gasteiger partial charge in [0.15, 0.2) is 0 Å². The van der Waals surface area contributed by atoms with Crippen LogP contribution in [0.15, 0.2) is 34.3 Å².